The molecular formula is C20H18ClN3O2. The normalized spacial score (nSPS) is 14.5. The summed E-state index contributed by atoms with van der Waals surface area (Å²) < 4.78 is 5.48. The first-order valence-electron chi connectivity index (χ1n) is 8.51. The lowest BCUT2D eigenvalue weighted by Gasteiger charge is -2.36. The molecule has 5 nitrogen and oxygen atoms in total. The predicted octanol–water partition coefficient (Wildman–Crippen LogP) is 3.96. The van der Waals surface area contributed by atoms with Crippen LogP contribution in [0.1, 0.15) is 10.5 Å². The fourth-order valence-corrected chi connectivity index (χ4v) is 3.37. The molecule has 1 fully saturated rings. The lowest BCUT2D eigenvalue weighted by atomic mass is 10.1. The molecule has 0 unspecified atom stereocenters. The van der Waals surface area contributed by atoms with Crippen molar-refractivity contribution < 1.29 is 9.21 Å². The maximum atomic E-state index is 12.9. The van der Waals surface area contributed by atoms with E-state index in [9.17, 15) is 4.79 Å². The van der Waals surface area contributed by atoms with E-state index < -0.39 is 0 Å². The fourth-order valence-electron chi connectivity index (χ4n) is 3.18. The van der Waals surface area contributed by atoms with E-state index in [2.05, 4.69) is 9.88 Å². The third-order valence-electron chi connectivity index (χ3n) is 4.55. The molecule has 132 valence electrons. The van der Waals surface area contributed by atoms with Crippen molar-refractivity contribution in [3.05, 3.63) is 71.7 Å². The van der Waals surface area contributed by atoms with E-state index >= 15 is 0 Å². The lowest BCUT2D eigenvalue weighted by molar-refractivity contribution is 0.0742. The molecule has 0 bridgehead atoms. The van der Waals surface area contributed by atoms with Gasteiger partial charge in [-0.2, -0.15) is 0 Å². The number of carbonyl (C=O) groups excluding carboxylic acids is 1. The Morgan fingerprint density at radius 1 is 1.00 bits per heavy atom. The zero-order valence-electron chi connectivity index (χ0n) is 14.1. The highest BCUT2D eigenvalue weighted by molar-refractivity contribution is 6.30. The van der Waals surface area contributed by atoms with E-state index in [1.54, 1.807) is 0 Å². The Balaban J connectivity index is 1.47. The number of hydrogen-bond acceptors (Lipinski definition) is 4. The van der Waals surface area contributed by atoms with Crippen LogP contribution in [0.3, 0.4) is 0 Å². The van der Waals surface area contributed by atoms with Crippen LogP contribution in [0.5, 0.6) is 0 Å². The van der Waals surface area contributed by atoms with E-state index in [1.807, 2.05) is 59.5 Å². The number of aromatic nitrogens is 1. The number of anilines is 1. The van der Waals surface area contributed by atoms with Crippen LogP contribution in [0.25, 0.3) is 11.3 Å². The van der Waals surface area contributed by atoms with E-state index in [4.69, 9.17) is 16.0 Å². The molecular weight excluding hydrogens is 350 g/mol. The second kappa shape index (κ2) is 7.22. The third-order valence-corrected chi connectivity index (χ3v) is 4.78. The average molecular weight is 368 g/mol. The van der Waals surface area contributed by atoms with E-state index in [0.717, 1.165) is 29.4 Å². The van der Waals surface area contributed by atoms with Gasteiger partial charge in [-0.1, -0.05) is 48.0 Å². The van der Waals surface area contributed by atoms with Gasteiger partial charge in [0.1, 0.15) is 0 Å². The highest BCUT2D eigenvalue weighted by Gasteiger charge is 2.27. The van der Waals surface area contributed by atoms with Gasteiger partial charge in [0.2, 0.25) is 0 Å². The quantitative estimate of drug-likeness (QED) is 0.703. The number of nitrogens with zero attached hydrogens (tertiary/aromatic N) is 3. The van der Waals surface area contributed by atoms with Gasteiger partial charge in [0, 0.05) is 42.5 Å². The molecule has 3 aromatic rings. The minimum atomic E-state index is -0.0941. The number of halogens is 1. The maximum Gasteiger partial charge on any atom is 0.276 e. The number of oxazole rings is 1. The van der Waals surface area contributed by atoms with Crippen LogP contribution in [-0.2, 0) is 0 Å². The Kier molecular flexibility index (Phi) is 4.63. The van der Waals surface area contributed by atoms with Crippen molar-refractivity contribution >= 4 is 23.2 Å². The highest BCUT2D eigenvalue weighted by Crippen LogP contribution is 2.25. The molecule has 1 aliphatic rings. The molecule has 26 heavy (non-hydrogen) atoms. The molecule has 2 heterocycles. The summed E-state index contributed by atoms with van der Waals surface area (Å²) in [6.45, 7) is 2.77. The molecule has 0 N–H and O–H groups in total. The van der Waals surface area contributed by atoms with Crippen LogP contribution >= 0.6 is 11.6 Å². The van der Waals surface area contributed by atoms with Crippen LogP contribution in [0.15, 0.2) is 65.4 Å². The van der Waals surface area contributed by atoms with Gasteiger partial charge < -0.3 is 14.2 Å². The van der Waals surface area contributed by atoms with Crippen LogP contribution in [-0.4, -0.2) is 42.0 Å². The van der Waals surface area contributed by atoms with Crippen molar-refractivity contribution in [2.24, 2.45) is 0 Å². The molecule has 2 aromatic carbocycles. The zero-order valence-corrected chi connectivity index (χ0v) is 14.9. The predicted molar refractivity (Wildman–Crippen MR) is 102 cm³/mol. The monoisotopic (exact) mass is 367 g/mol. The standard InChI is InChI=1S/C20H18ClN3O2/c21-16-7-4-8-17(13-16)23-9-11-24(12-10-23)20(25)18-19(26-14-22-18)15-5-2-1-3-6-15/h1-8,13-14H,9-12H2. The molecule has 0 radical (unpaired) electrons. The van der Waals surface area contributed by atoms with E-state index in [0.29, 0.717) is 24.5 Å². The van der Waals surface area contributed by atoms with Gasteiger partial charge in [-0.15, -0.1) is 0 Å². The molecule has 1 aliphatic heterocycles. The molecule has 0 spiro atoms. The summed E-state index contributed by atoms with van der Waals surface area (Å²) in [5.41, 5.74) is 2.30. The van der Waals surface area contributed by atoms with Crippen molar-refractivity contribution in [2.45, 2.75) is 0 Å². The Labute approximate surface area is 156 Å². The topological polar surface area (TPSA) is 49.6 Å². The average Bonchev–Trinajstić information content (AvgIpc) is 3.18. The summed E-state index contributed by atoms with van der Waals surface area (Å²) in [7, 11) is 0. The van der Waals surface area contributed by atoms with Gasteiger partial charge in [0.25, 0.3) is 5.91 Å². The first kappa shape index (κ1) is 16.7. The second-order valence-electron chi connectivity index (χ2n) is 6.16. The number of benzene rings is 2. The summed E-state index contributed by atoms with van der Waals surface area (Å²) in [4.78, 5) is 21.1. The van der Waals surface area contributed by atoms with Crippen LogP contribution < -0.4 is 4.90 Å². The first-order chi connectivity index (χ1) is 12.7. The molecule has 6 heteroatoms. The number of hydrogen-bond donors (Lipinski definition) is 0. The number of carbonyl (C=O) groups is 1. The molecule has 4 rings (SSSR count). The minimum absolute atomic E-state index is 0.0941. The van der Waals surface area contributed by atoms with Gasteiger partial charge in [0.05, 0.1) is 0 Å². The third kappa shape index (κ3) is 3.30. The zero-order chi connectivity index (χ0) is 17.9. The van der Waals surface area contributed by atoms with E-state index in [1.165, 1.54) is 6.39 Å². The Morgan fingerprint density at radius 3 is 2.50 bits per heavy atom. The smallest absolute Gasteiger partial charge is 0.276 e. The maximum absolute atomic E-state index is 12.9. The van der Waals surface area contributed by atoms with Gasteiger partial charge in [0.15, 0.2) is 17.8 Å². The number of rotatable bonds is 3. The Hall–Kier alpha value is -2.79. The van der Waals surface area contributed by atoms with Gasteiger partial charge in [-0.05, 0) is 18.2 Å². The van der Waals surface area contributed by atoms with Crippen LogP contribution in [0.2, 0.25) is 5.02 Å². The van der Waals surface area contributed by atoms with Crippen molar-refractivity contribution in [3.63, 3.8) is 0 Å². The van der Waals surface area contributed by atoms with E-state index in [-0.39, 0.29) is 5.91 Å². The SMILES string of the molecule is O=C(c1ncoc1-c1ccccc1)N1CCN(c2cccc(Cl)c2)CC1. The van der Waals surface area contributed by atoms with Gasteiger partial charge in [-0.25, -0.2) is 4.98 Å². The number of amides is 1. The largest absolute Gasteiger partial charge is 0.443 e. The van der Waals surface area contributed by atoms with Gasteiger partial charge in [-0.3, -0.25) is 4.79 Å². The summed E-state index contributed by atoms with van der Waals surface area (Å²) in [5, 5.41) is 0.719. The van der Waals surface area contributed by atoms with Crippen LogP contribution in [0.4, 0.5) is 5.69 Å². The Bertz CT molecular complexity index is 902. The first-order valence-corrected chi connectivity index (χ1v) is 8.89. The van der Waals surface area contributed by atoms with Crippen molar-refractivity contribution in [1.82, 2.24) is 9.88 Å². The van der Waals surface area contributed by atoms with Crippen molar-refractivity contribution in [3.8, 4) is 11.3 Å². The van der Waals surface area contributed by atoms with Crippen molar-refractivity contribution in [2.75, 3.05) is 31.1 Å². The molecule has 1 saturated heterocycles. The molecule has 1 amide bonds. The molecule has 1 aromatic heterocycles. The van der Waals surface area contributed by atoms with Crippen LogP contribution in [0, 0.1) is 0 Å². The Morgan fingerprint density at radius 2 is 1.77 bits per heavy atom. The molecule has 0 aliphatic carbocycles. The minimum Gasteiger partial charge on any atom is -0.443 e. The second-order valence-corrected chi connectivity index (χ2v) is 6.59. The number of piperazine rings is 1. The summed E-state index contributed by atoms with van der Waals surface area (Å²) >= 11 is 6.08. The fraction of sp³-hybridized carbons (Fsp3) is 0.200. The molecule has 0 saturated carbocycles. The lowest BCUT2D eigenvalue weighted by Crippen LogP contribution is -2.49. The summed E-state index contributed by atoms with van der Waals surface area (Å²) in [5.74, 6) is 0.427. The summed E-state index contributed by atoms with van der Waals surface area (Å²) in [6.07, 6.45) is 1.33. The highest BCUT2D eigenvalue weighted by atomic mass is 35.5. The summed E-state index contributed by atoms with van der Waals surface area (Å²) in [6, 6.07) is 17.4. The van der Waals surface area contributed by atoms with Crippen molar-refractivity contribution in [1.29, 1.82) is 0 Å². The molecule has 0 atom stereocenters. The van der Waals surface area contributed by atoms with Gasteiger partial charge >= 0.3 is 0 Å².